The summed E-state index contributed by atoms with van der Waals surface area (Å²) in [6.45, 7) is 10.9. The highest BCUT2D eigenvalue weighted by Crippen LogP contribution is 2.15. The smallest absolute Gasteiger partial charge is 0.410 e. The minimum atomic E-state index is -0.467. The van der Waals surface area contributed by atoms with E-state index in [4.69, 9.17) is 9.47 Å². The number of carbonyl (C=O) groups excluding carboxylic acids is 1. The molecule has 2 N–H and O–H groups in total. The van der Waals surface area contributed by atoms with E-state index in [0.717, 1.165) is 23.6 Å². The molecule has 1 aliphatic heterocycles. The van der Waals surface area contributed by atoms with Crippen LogP contribution in [0.4, 0.5) is 4.79 Å². The maximum Gasteiger partial charge on any atom is 0.410 e. The Kier molecular flexibility index (Phi) is 7.47. The predicted molar refractivity (Wildman–Crippen MR) is 107 cm³/mol. The number of aliphatic imine (C=N–C) groups is 1. The lowest BCUT2D eigenvalue weighted by Gasteiger charge is -2.40. The maximum absolute atomic E-state index is 12.0. The van der Waals surface area contributed by atoms with E-state index in [0.29, 0.717) is 26.2 Å². The third-order valence-corrected chi connectivity index (χ3v) is 3.97. The van der Waals surface area contributed by atoms with Gasteiger partial charge in [0.15, 0.2) is 5.96 Å². The molecular formula is C20H32N4O3. The van der Waals surface area contributed by atoms with Crippen LogP contribution in [0, 0.1) is 0 Å². The number of nitrogens with one attached hydrogen (secondary N) is 2. The summed E-state index contributed by atoms with van der Waals surface area (Å²) >= 11 is 0. The summed E-state index contributed by atoms with van der Waals surface area (Å²) in [7, 11) is 1.69. The Hall–Kier alpha value is -2.28. The van der Waals surface area contributed by atoms with Crippen molar-refractivity contribution in [1.82, 2.24) is 15.5 Å². The van der Waals surface area contributed by atoms with Crippen LogP contribution in [0.1, 0.15) is 38.8 Å². The second-order valence-corrected chi connectivity index (χ2v) is 7.67. The van der Waals surface area contributed by atoms with Crippen molar-refractivity contribution in [3.63, 3.8) is 0 Å². The first kappa shape index (κ1) is 21.0. The molecule has 2 rings (SSSR count). The number of carbonyl (C=O) groups is 1. The monoisotopic (exact) mass is 376 g/mol. The molecule has 0 aliphatic carbocycles. The Labute approximate surface area is 162 Å². The summed E-state index contributed by atoms with van der Waals surface area (Å²) in [5.74, 6) is 0.757. The first-order valence-corrected chi connectivity index (χ1v) is 9.40. The summed E-state index contributed by atoms with van der Waals surface area (Å²) < 4.78 is 10.5. The van der Waals surface area contributed by atoms with Crippen molar-refractivity contribution >= 4 is 12.1 Å². The second-order valence-electron chi connectivity index (χ2n) is 7.67. The van der Waals surface area contributed by atoms with Crippen molar-refractivity contribution < 1.29 is 14.3 Å². The van der Waals surface area contributed by atoms with Crippen LogP contribution in [0.5, 0.6) is 0 Å². The van der Waals surface area contributed by atoms with E-state index in [1.165, 1.54) is 0 Å². The summed E-state index contributed by atoms with van der Waals surface area (Å²) in [5.41, 5.74) is 1.81. The molecule has 1 amide bonds. The zero-order chi connectivity index (χ0) is 19.9. The van der Waals surface area contributed by atoms with Gasteiger partial charge < -0.3 is 25.0 Å². The van der Waals surface area contributed by atoms with E-state index < -0.39 is 5.60 Å². The van der Waals surface area contributed by atoms with Crippen LogP contribution in [0.15, 0.2) is 29.3 Å². The van der Waals surface area contributed by atoms with E-state index in [1.807, 2.05) is 27.7 Å². The lowest BCUT2D eigenvalue weighted by atomic mass is 10.1. The highest BCUT2D eigenvalue weighted by atomic mass is 16.6. The molecule has 0 aromatic heterocycles. The predicted octanol–water partition coefficient (Wildman–Crippen LogP) is 2.51. The van der Waals surface area contributed by atoms with Crippen LogP contribution < -0.4 is 10.6 Å². The van der Waals surface area contributed by atoms with E-state index in [2.05, 4.69) is 39.9 Å². The normalized spacial score (nSPS) is 15.3. The Balaban J connectivity index is 1.83. The number of likely N-dealkylation sites (tertiary alicyclic amines) is 1. The first-order valence-electron chi connectivity index (χ1n) is 9.40. The first-order chi connectivity index (χ1) is 12.8. The number of benzene rings is 1. The van der Waals surface area contributed by atoms with Crippen molar-refractivity contribution in [2.24, 2.45) is 4.99 Å². The molecular weight excluding hydrogens is 344 g/mol. The van der Waals surface area contributed by atoms with Crippen molar-refractivity contribution in [1.29, 1.82) is 0 Å². The van der Waals surface area contributed by atoms with Crippen LogP contribution >= 0.6 is 0 Å². The average Bonchev–Trinajstić information content (AvgIpc) is 2.55. The van der Waals surface area contributed by atoms with Gasteiger partial charge in [-0.2, -0.15) is 0 Å². The number of ether oxygens (including phenoxy) is 2. The fourth-order valence-corrected chi connectivity index (χ4v) is 2.64. The Morgan fingerprint density at radius 1 is 1.22 bits per heavy atom. The quantitative estimate of drug-likeness (QED) is 0.589. The molecule has 1 aromatic carbocycles. The molecule has 0 spiro atoms. The molecule has 0 bridgehead atoms. The number of amides is 1. The van der Waals surface area contributed by atoms with Gasteiger partial charge in [0.1, 0.15) is 5.60 Å². The molecule has 7 nitrogen and oxygen atoms in total. The molecule has 0 atom stereocenters. The second kappa shape index (κ2) is 9.60. The Bertz CT molecular complexity index is 632. The fourth-order valence-electron chi connectivity index (χ4n) is 2.64. The molecule has 1 heterocycles. The number of methoxy groups -OCH3 is 1. The molecule has 27 heavy (non-hydrogen) atoms. The molecule has 0 saturated carbocycles. The summed E-state index contributed by atoms with van der Waals surface area (Å²) in [5, 5.41) is 6.62. The van der Waals surface area contributed by atoms with E-state index in [-0.39, 0.29) is 12.1 Å². The van der Waals surface area contributed by atoms with Gasteiger partial charge in [-0.05, 0) is 38.8 Å². The highest BCUT2D eigenvalue weighted by Gasteiger charge is 2.34. The van der Waals surface area contributed by atoms with Crippen LogP contribution in [0.25, 0.3) is 0 Å². The zero-order valence-electron chi connectivity index (χ0n) is 17.0. The van der Waals surface area contributed by atoms with Crippen LogP contribution in [0.2, 0.25) is 0 Å². The molecule has 150 valence electrons. The minimum absolute atomic E-state index is 0.180. The third-order valence-electron chi connectivity index (χ3n) is 3.97. The van der Waals surface area contributed by atoms with Crippen molar-refractivity contribution in [3.8, 4) is 0 Å². The molecule has 1 saturated heterocycles. The number of nitrogens with zero attached hydrogens (tertiary/aromatic N) is 2. The Morgan fingerprint density at radius 2 is 1.85 bits per heavy atom. The maximum atomic E-state index is 12.0. The number of hydrogen-bond acceptors (Lipinski definition) is 4. The van der Waals surface area contributed by atoms with Crippen molar-refractivity contribution in [2.45, 2.75) is 52.5 Å². The van der Waals surface area contributed by atoms with E-state index >= 15 is 0 Å². The van der Waals surface area contributed by atoms with Gasteiger partial charge >= 0.3 is 6.09 Å². The lowest BCUT2D eigenvalue weighted by molar-refractivity contribution is 0.00701. The lowest BCUT2D eigenvalue weighted by Crippen LogP contribution is -2.63. The highest BCUT2D eigenvalue weighted by molar-refractivity contribution is 5.80. The van der Waals surface area contributed by atoms with Crippen LogP contribution in [-0.4, -0.2) is 55.3 Å². The van der Waals surface area contributed by atoms with Gasteiger partial charge in [0.25, 0.3) is 0 Å². The molecule has 1 aliphatic rings. The fraction of sp³-hybridized carbons (Fsp3) is 0.600. The number of rotatable bonds is 6. The molecule has 7 heteroatoms. The van der Waals surface area contributed by atoms with Gasteiger partial charge in [0, 0.05) is 26.7 Å². The van der Waals surface area contributed by atoms with Crippen LogP contribution in [0.3, 0.4) is 0 Å². The van der Waals surface area contributed by atoms with E-state index in [9.17, 15) is 4.79 Å². The van der Waals surface area contributed by atoms with Gasteiger partial charge in [-0.1, -0.05) is 24.3 Å². The number of hydrogen-bond donors (Lipinski definition) is 2. The SMILES string of the molecule is CCNC(=NCc1ccc(COC)cc1)NC1CN(C(=O)OC(C)(C)C)C1. The molecule has 1 fully saturated rings. The summed E-state index contributed by atoms with van der Waals surface area (Å²) in [6.07, 6.45) is -0.265. The van der Waals surface area contributed by atoms with Gasteiger partial charge in [-0.3, -0.25) is 0 Å². The van der Waals surface area contributed by atoms with Crippen molar-refractivity contribution in [2.75, 3.05) is 26.7 Å². The van der Waals surface area contributed by atoms with Gasteiger partial charge in [-0.25, -0.2) is 9.79 Å². The van der Waals surface area contributed by atoms with Gasteiger partial charge in [0.2, 0.25) is 0 Å². The van der Waals surface area contributed by atoms with Gasteiger partial charge in [-0.15, -0.1) is 0 Å². The largest absolute Gasteiger partial charge is 0.444 e. The summed E-state index contributed by atoms with van der Waals surface area (Å²) in [4.78, 5) is 18.3. The van der Waals surface area contributed by atoms with E-state index in [1.54, 1.807) is 12.0 Å². The summed E-state index contributed by atoms with van der Waals surface area (Å²) in [6, 6.07) is 8.42. The Morgan fingerprint density at radius 3 is 2.41 bits per heavy atom. The number of guanidine groups is 1. The molecule has 1 aromatic rings. The van der Waals surface area contributed by atoms with Gasteiger partial charge in [0.05, 0.1) is 19.2 Å². The topological polar surface area (TPSA) is 75.2 Å². The van der Waals surface area contributed by atoms with Crippen LogP contribution in [-0.2, 0) is 22.6 Å². The third kappa shape index (κ3) is 7.09. The molecule has 0 radical (unpaired) electrons. The van der Waals surface area contributed by atoms with Crippen molar-refractivity contribution in [3.05, 3.63) is 35.4 Å². The standard InChI is InChI=1S/C20H32N4O3/c1-6-21-18(22-11-15-7-9-16(10-8-15)14-26-5)23-17-12-24(13-17)19(25)27-20(2,3)4/h7-10,17H,6,11-14H2,1-5H3,(H2,21,22,23). The average molecular weight is 377 g/mol. The minimum Gasteiger partial charge on any atom is -0.444 e. The molecule has 0 unspecified atom stereocenters. The zero-order valence-corrected chi connectivity index (χ0v) is 17.0.